The van der Waals surface area contributed by atoms with Crippen LogP contribution >= 0.6 is 27.3 Å². The zero-order valence-electron chi connectivity index (χ0n) is 10.6. The fourth-order valence-corrected chi connectivity index (χ4v) is 3.84. The van der Waals surface area contributed by atoms with E-state index in [1.165, 1.54) is 35.4 Å². The van der Waals surface area contributed by atoms with E-state index in [2.05, 4.69) is 51.4 Å². The Kier molecular flexibility index (Phi) is 5.03. The first-order valence-corrected chi connectivity index (χ1v) is 8.06. The predicted octanol–water partition coefficient (Wildman–Crippen LogP) is 3.50. The zero-order valence-corrected chi connectivity index (χ0v) is 13.0. The fourth-order valence-electron chi connectivity index (χ4n) is 2.37. The number of hydrogen-bond acceptors (Lipinski definition) is 3. The van der Waals surface area contributed by atoms with Crippen molar-refractivity contribution in [2.75, 3.05) is 26.2 Å². The first-order chi connectivity index (χ1) is 8.19. The molecule has 2 rings (SSSR count). The molecule has 2 unspecified atom stereocenters. The molecule has 1 fully saturated rings. The van der Waals surface area contributed by atoms with Gasteiger partial charge < -0.3 is 10.2 Å². The van der Waals surface area contributed by atoms with Gasteiger partial charge in [0.25, 0.3) is 0 Å². The molecule has 1 aliphatic rings. The topological polar surface area (TPSA) is 15.3 Å². The maximum absolute atomic E-state index is 3.66. The third-order valence-corrected chi connectivity index (χ3v) is 5.42. The lowest BCUT2D eigenvalue weighted by molar-refractivity contribution is 0.336. The monoisotopic (exact) mass is 316 g/mol. The smallest absolute Gasteiger partial charge is 0.0386 e. The number of rotatable bonds is 5. The summed E-state index contributed by atoms with van der Waals surface area (Å²) in [5.41, 5.74) is 0. The van der Waals surface area contributed by atoms with Gasteiger partial charge in [0.1, 0.15) is 0 Å². The molecule has 4 heteroatoms. The van der Waals surface area contributed by atoms with E-state index < -0.39 is 0 Å². The van der Waals surface area contributed by atoms with Crippen LogP contribution in [-0.4, -0.2) is 31.1 Å². The normalized spacial score (nSPS) is 23.1. The van der Waals surface area contributed by atoms with Crippen LogP contribution in [0.15, 0.2) is 15.9 Å². The van der Waals surface area contributed by atoms with Crippen molar-refractivity contribution in [3.05, 3.63) is 20.8 Å². The Balaban J connectivity index is 1.75. The molecule has 1 aromatic heterocycles. The highest BCUT2D eigenvalue weighted by atomic mass is 79.9. The molecule has 0 amide bonds. The van der Waals surface area contributed by atoms with Gasteiger partial charge in [0, 0.05) is 27.3 Å². The molecule has 0 radical (unpaired) electrons. The molecule has 0 saturated carbocycles. The average Bonchev–Trinajstić information content (AvgIpc) is 2.94. The van der Waals surface area contributed by atoms with Crippen LogP contribution in [0.2, 0.25) is 0 Å². The molecule has 2 heterocycles. The number of thiophene rings is 1. The van der Waals surface area contributed by atoms with Gasteiger partial charge in [-0.25, -0.2) is 0 Å². The van der Waals surface area contributed by atoms with E-state index in [-0.39, 0.29) is 0 Å². The molecular formula is C13H21BrN2S. The van der Waals surface area contributed by atoms with Crippen LogP contribution in [0.3, 0.4) is 0 Å². The van der Waals surface area contributed by atoms with Gasteiger partial charge in [-0.2, -0.15) is 0 Å². The maximum atomic E-state index is 3.66. The van der Waals surface area contributed by atoms with E-state index >= 15 is 0 Å². The quantitative estimate of drug-likeness (QED) is 0.894. The first kappa shape index (κ1) is 13.5. The maximum Gasteiger partial charge on any atom is 0.0386 e. The SMILES string of the molecule is CCN1CCC(CNC(C)c2cc(Br)cs2)C1. The highest BCUT2D eigenvalue weighted by molar-refractivity contribution is 9.10. The molecule has 1 saturated heterocycles. The largest absolute Gasteiger partial charge is 0.309 e. The Bertz CT molecular complexity index is 353. The molecule has 96 valence electrons. The van der Waals surface area contributed by atoms with Crippen LogP contribution in [0, 0.1) is 5.92 Å². The highest BCUT2D eigenvalue weighted by Gasteiger charge is 2.21. The molecule has 0 aliphatic carbocycles. The fraction of sp³-hybridized carbons (Fsp3) is 0.692. The van der Waals surface area contributed by atoms with Crippen molar-refractivity contribution >= 4 is 27.3 Å². The van der Waals surface area contributed by atoms with Gasteiger partial charge in [0.15, 0.2) is 0 Å². The minimum absolute atomic E-state index is 0.474. The van der Waals surface area contributed by atoms with Crippen LogP contribution in [0.4, 0.5) is 0 Å². The third kappa shape index (κ3) is 3.78. The number of halogens is 1. The Hall–Kier alpha value is 0.1000. The minimum atomic E-state index is 0.474. The summed E-state index contributed by atoms with van der Waals surface area (Å²) in [5, 5.41) is 5.82. The van der Waals surface area contributed by atoms with E-state index in [9.17, 15) is 0 Å². The van der Waals surface area contributed by atoms with Crippen molar-refractivity contribution < 1.29 is 0 Å². The lowest BCUT2D eigenvalue weighted by Gasteiger charge is -2.17. The van der Waals surface area contributed by atoms with Crippen molar-refractivity contribution in [2.45, 2.75) is 26.3 Å². The van der Waals surface area contributed by atoms with Gasteiger partial charge in [0.05, 0.1) is 0 Å². The van der Waals surface area contributed by atoms with Gasteiger partial charge in [-0.15, -0.1) is 11.3 Å². The molecule has 0 spiro atoms. The second-order valence-electron chi connectivity index (χ2n) is 4.85. The minimum Gasteiger partial charge on any atom is -0.309 e. The molecule has 2 nitrogen and oxygen atoms in total. The van der Waals surface area contributed by atoms with Gasteiger partial charge in [-0.05, 0) is 60.9 Å². The summed E-state index contributed by atoms with van der Waals surface area (Å²) < 4.78 is 1.20. The third-order valence-electron chi connectivity index (χ3n) is 3.54. The zero-order chi connectivity index (χ0) is 12.3. The molecular weight excluding hydrogens is 296 g/mol. The summed E-state index contributed by atoms with van der Waals surface area (Å²) >= 11 is 5.34. The molecule has 2 atom stereocenters. The lowest BCUT2D eigenvalue weighted by Crippen LogP contribution is -2.28. The van der Waals surface area contributed by atoms with Gasteiger partial charge >= 0.3 is 0 Å². The van der Waals surface area contributed by atoms with E-state index in [0.29, 0.717) is 6.04 Å². The second kappa shape index (κ2) is 6.32. The van der Waals surface area contributed by atoms with Crippen LogP contribution < -0.4 is 5.32 Å². The van der Waals surface area contributed by atoms with Crippen LogP contribution in [-0.2, 0) is 0 Å². The van der Waals surface area contributed by atoms with Crippen LogP contribution in [0.5, 0.6) is 0 Å². The summed E-state index contributed by atoms with van der Waals surface area (Å²) in [6.07, 6.45) is 1.35. The van der Waals surface area contributed by atoms with Crippen molar-refractivity contribution in [1.82, 2.24) is 10.2 Å². The number of nitrogens with zero attached hydrogens (tertiary/aromatic N) is 1. The lowest BCUT2D eigenvalue weighted by atomic mass is 10.1. The van der Waals surface area contributed by atoms with E-state index in [1.54, 1.807) is 0 Å². The summed E-state index contributed by atoms with van der Waals surface area (Å²) in [6, 6.07) is 2.69. The van der Waals surface area contributed by atoms with Crippen molar-refractivity contribution in [3.8, 4) is 0 Å². The van der Waals surface area contributed by atoms with Crippen molar-refractivity contribution in [3.63, 3.8) is 0 Å². The average molecular weight is 317 g/mol. The molecule has 1 aromatic rings. The summed E-state index contributed by atoms with van der Waals surface area (Å²) in [6.45, 7) is 9.40. The van der Waals surface area contributed by atoms with Gasteiger partial charge in [0.2, 0.25) is 0 Å². The van der Waals surface area contributed by atoms with Crippen molar-refractivity contribution in [2.24, 2.45) is 5.92 Å². The Morgan fingerprint density at radius 3 is 3.06 bits per heavy atom. The van der Waals surface area contributed by atoms with Crippen molar-refractivity contribution in [1.29, 1.82) is 0 Å². The number of nitrogens with one attached hydrogen (secondary N) is 1. The summed E-state index contributed by atoms with van der Waals surface area (Å²) in [4.78, 5) is 3.96. The second-order valence-corrected chi connectivity index (χ2v) is 6.70. The van der Waals surface area contributed by atoms with Crippen LogP contribution in [0.25, 0.3) is 0 Å². The predicted molar refractivity (Wildman–Crippen MR) is 78.7 cm³/mol. The first-order valence-electron chi connectivity index (χ1n) is 6.38. The highest BCUT2D eigenvalue weighted by Crippen LogP contribution is 2.25. The Morgan fingerprint density at radius 1 is 1.65 bits per heavy atom. The Morgan fingerprint density at radius 2 is 2.47 bits per heavy atom. The molecule has 17 heavy (non-hydrogen) atoms. The number of likely N-dealkylation sites (tertiary alicyclic amines) is 1. The van der Waals surface area contributed by atoms with Gasteiger partial charge in [-0.3, -0.25) is 0 Å². The van der Waals surface area contributed by atoms with E-state index in [0.717, 1.165) is 12.5 Å². The number of hydrogen-bond donors (Lipinski definition) is 1. The summed E-state index contributed by atoms with van der Waals surface area (Å²) in [5.74, 6) is 0.834. The Labute approximate surface area is 117 Å². The molecule has 1 N–H and O–H groups in total. The van der Waals surface area contributed by atoms with E-state index in [4.69, 9.17) is 0 Å². The van der Waals surface area contributed by atoms with Crippen LogP contribution in [0.1, 0.15) is 31.2 Å². The molecule has 0 bridgehead atoms. The molecule has 1 aliphatic heterocycles. The standard InChI is InChI=1S/C13H21BrN2S/c1-3-16-5-4-11(8-16)7-15-10(2)13-6-12(14)9-17-13/h6,9-11,15H,3-5,7-8H2,1-2H3. The van der Waals surface area contributed by atoms with E-state index in [1.807, 2.05) is 11.3 Å². The molecule has 0 aromatic carbocycles. The summed E-state index contributed by atoms with van der Waals surface area (Å²) in [7, 11) is 0. The van der Waals surface area contributed by atoms with Gasteiger partial charge in [-0.1, -0.05) is 6.92 Å².